The second kappa shape index (κ2) is 5.93. The van der Waals surface area contributed by atoms with Gasteiger partial charge in [-0.1, -0.05) is 19.8 Å². The van der Waals surface area contributed by atoms with Gasteiger partial charge >= 0.3 is 16.4 Å². The third kappa shape index (κ3) is 6.53. The van der Waals surface area contributed by atoms with Crippen LogP contribution in [-0.4, -0.2) is 21.5 Å². The minimum atomic E-state index is -4.11. The highest BCUT2D eigenvalue weighted by Crippen LogP contribution is 2.03. The van der Waals surface area contributed by atoms with Crippen molar-refractivity contribution in [1.29, 1.82) is 0 Å². The summed E-state index contributed by atoms with van der Waals surface area (Å²) < 4.78 is 29.1. The van der Waals surface area contributed by atoms with E-state index in [9.17, 15) is 13.2 Å². The van der Waals surface area contributed by atoms with Gasteiger partial charge in [-0.15, -0.1) is 0 Å². The Balaban J connectivity index is 3.75. The van der Waals surface area contributed by atoms with E-state index >= 15 is 0 Å². The standard InChI is InChI=1S/C7H14O5S/c1-3-4-5-6-7(8)12-13(9,10)11-2/h3-6H2,1-2H3. The van der Waals surface area contributed by atoms with Gasteiger partial charge in [-0.3, -0.25) is 4.79 Å². The van der Waals surface area contributed by atoms with Crippen LogP contribution in [0.25, 0.3) is 0 Å². The van der Waals surface area contributed by atoms with Crippen molar-refractivity contribution in [3.05, 3.63) is 0 Å². The van der Waals surface area contributed by atoms with Crippen LogP contribution in [0.2, 0.25) is 0 Å². The fourth-order valence-corrected chi connectivity index (χ4v) is 1.09. The highest BCUT2D eigenvalue weighted by Gasteiger charge is 2.15. The third-order valence-corrected chi connectivity index (χ3v) is 2.18. The fourth-order valence-electron chi connectivity index (χ4n) is 0.709. The van der Waals surface area contributed by atoms with E-state index in [1.165, 1.54) is 0 Å². The summed E-state index contributed by atoms with van der Waals surface area (Å²) in [4.78, 5) is 10.8. The Kier molecular flexibility index (Phi) is 5.65. The summed E-state index contributed by atoms with van der Waals surface area (Å²) >= 11 is 0. The number of hydrogen-bond donors (Lipinski definition) is 0. The van der Waals surface area contributed by atoms with Crippen LogP contribution < -0.4 is 0 Å². The molecule has 0 unspecified atom stereocenters. The van der Waals surface area contributed by atoms with E-state index in [-0.39, 0.29) is 6.42 Å². The molecule has 0 radical (unpaired) electrons. The Bertz CT molecular complexity index is 244. The molecule has 0 aliphatic rings. The van der Waals surface area contributed by atoms with Crippen LogP contribution in [0, 0.1) is 0 Å². The minimum Gasteiger partial charge on any atom is -0.325 e. The van der Waals surface area contributed by atoms with Crippen molar-refractivity contribution in [3.8, 4) is 0 Å². The van der Waals surface area contributed by atoms with E-state index in [0.29, 0.717) is 6.42 Å². The summed E-state index contributed by atoms with van der Waals surface area (Å²) in [6.45, 7) is 1.98. The summed E-state index contributed by atoms with van der Waals surface area (Å²) in [5.41, 5.74) is 0. The van der Waals surface area contributed by atoms with Gasteiger partial charge in [-0.2, -0.15) is 8.42 Å². The van der Waals surface area contributed by atoms with E-state index in [4.69, 9.17) is 0 Å². The Morgan fingerprint density at radius 1 is 1.31 bits per heavy atom. The third-order valence-electron chi connectivity index (χ3n) is 1.38. The number of hydrogen-bond acceptors (Lipinski definition) is 5. The Morgan fingerprint density at radius 2 is 1.92 bits per heavy atom. The van der Waals surface area contributed by atoms with Gasteiger partial charge in [0.05, 0.1) is 7.11 Å². The summed E-state index contributed by atoms with van der Waals surface area (Å²) in [7, 11) is -3.17. The van der Waals surface area contributed by atoms with E-state index < -0.39 is 16.4 Å². The SMILES string of the molecule is CCCCCC(=O)OS(=O)(=O)OC. The van der Waals surface area contributed by atoms with Gasteiger partial charge in [-0.25, -0.2) is 4.18 Å². The van der Waals surface area contributed by atoms with Gasteiger partial charge in [0.15, 0.2) is 0 Å². The number of rotatable bonds is 6. The molecule has 0 amide bonds. The monoisotopic (exact) mass is 210 g/mol. The van der Waals surface area contributed by atoms with Crippen molar-refractivity contribution in [1.82, 2.24) is 0 Å². The van der Waals surface area contributed by atoms with Crippen molar-refractivity contribution in [3.63, 3.8) is 0 Å². The molecule has 0 saturated carbocycles. The van der Waals surface area contributed by atoms with Crippen molar-refractivity contribution in [2.45, 2.75) is 32.6 Å². The van der Waals surface area contributed by atoms with Gasteiger partial charge in [0.2, 0.25) is 0 Å². The van der Waals surface area contributed by atoms with Gasteiger partial charge in [0.1, 0.15) is 0 Å². The van der Waals surface area contributed by atoms with Gasteiger partial charge in [0, 0.05) is 6.42 Å². The first-order valence-electron chi connectivity index (χ1n) is 4.04. The molecule has 0 saturated heterocycles. The lowest BCUT2D eigenvalue weighted by molar-refractivity contribution is -0.134. The number of unbranched alkanes of at least 4 members (excludes halogenated alkanes) is 2. The Hall–Kier alpha value is -0.620. The van der Waals surface area contributed by atoms with E-state index in [0.717, 1.165) is 20.0 Å². The Labute approximate surface area is 78.4 Å². The lowest BCUT2D eigenvalue weighted by atomic mass is 10.2. The maximum atomic E-state index is 10.8. The molecule has 6 heteroatoms. The first kappa shape index (κ1) is 12.4. The predicted molar refractivity (Wildman–Crippen MR) is 46.2 cm³/mol. The van der Waals surface area contributed by atoms with Crippen molar-refractivity contribution >= 4 is 16.4 Å². The van der Waals surface area contributed by atoms with E-state index in [2.05, 4.69) is 8.37 Å². The molecule has 0 bridgehead atoms. The maximum absolute atomic E-state index is 10.8. The molecule has 0 rings (SSSR count). The van der Waals surface area contributed by atoms with Gasteiger partial charge in [0.25, 0.3) is 0 Å². The van der Waals surface area contributed by atoms with Crippen molar-refractivity contribution in [2.75, 3.05) is 7.11 Å². The molecule has 0 atom stereocenters. The molecule has 0 aromatic carbocycles. The molecule has 0 heterocycles. The lowest BCUT2D eigenvalue weighted by Crippen LogP contribution is -2.13. The molecule has 13 heavy (non-hydrogen) atoms. The van der Waals surface area contributed by atoms with E-state index in [1.54, 1.807) is 0 Å². The molecular weight excluding hydrogens is 196 g/mol. The zero-order valence-corrected chi connectivity index (χ0v) is 8.59. The molecule has 0 aromatic heterocycles. The summed E-state index contributed by atoms with van der Waals surface area (Å²) in [6, 6.07) is 0. The van der Waals surface area contributed by atoms with Crippen LogP contribution in [0.4, 0.5) is 0 Å². The average Bonchev–Trinajstić information content (AvgIpc) is 2.04. The molecule has 0 fully saturated rings. The van der Waals surface area contributed by atoms with Crippen LogP contribution in [-0.2, 0) is 23.6 Å². The maximum Gasteiger partial charge on any atom is 0.451 e. The van der Waals surface area contributed by atoms with Crippen LogP contribution in [0.5, 0.6) is 0 Å². The molecule has 78 valence electrons. The van der Waals surface area contributed by atoms with Crippen LogP contribution in [0.1, 0.15) is 32.6 Å². The Morgan fingerprint density at radius 3 is 2.38 bits per heavy atom. The molecule has 0 aromatic rings. The molecule has 5 nitrogen and oxygen atoms in total. The summed E-state index contributed by atoms with van der Waals surface area (Å²) in [6.07, 6.45) is 2.58. The summed E-state index contributed by atoms with van der Waals surface area (Å²) in [5, 5.41) is 0. The zero-order valence-electron chi connectivity index (χ0n) is 7.78. The van der Waals surface area contributed by atoms with Crippen LogP contribution >= 0.6 is 0 Å². The highest BCUT2D eigenvalue weighted by molar-refractivity contribution is 7.82. The topological polar surface area (TPSA) is 69.7 Å². The predicted octanol–water partition coefficient (Wildman–Crippen LogP) is 1.00. The minimum absolute atomic E-state index is 0.108. The zero-order chi connectivity index (χ0) is 10.3. The first-order valence-corrected chi connectivity index (χ1v) is 5.38. The molecular formula is C7H14O5S. The smallest absolute Gasteiger partial charge is 0.325 e. The van der Waals surface area contributed by atoms with Gasteiger partial charge < -0.3 is 4.18 Å². The fraction of sp³-hybridized carbons (Fsp3) is 0.857. The lowest BCUT2D eigenvalue weighted by Gasteiger charge is -2.01. The van der Waals surface area contributed by atoms with Gasteiger partial charge in [-0.05, 0) is 6.42 Å². The van der Waals surface area contributed by atoms with Crippen molar-refractivity contribution < 1.29 is 21.6 Å². The molecule has 0 aliphatic carbocycles. The molecule has 0 N–H and O–H groups in total. The first-order chi connectivity index (χ1) is 6.02. The quantitative estimate of drug-likeness (QED) is 0.612. The largest absolute Gasteiger partial charge is 0.451 e. The van der Waals surface area contributed by atoms with Crippen LogP contribution in [0.15, 0.2) is 0 Å². The normalized spacial score (nSPS) is 11.2. The molecule has 0 spiro atoms. The summed E-state index contributed by atoms with van der Waals surface area (Å²) in [5.74, 6) is -0.768. The number of carbonyl (C=O) groups excluding carboxylic acids is 1. The van der Waals surface area contributed by atoms with E-state index in [1.807, 2.05) is 6.92 Å². The van der Waals surface area contributed by atoms with Crippen molar-refractivity contribution in [2.24, 2.45) is 0 Å². The molecule has 0 aliphatic heterocycles. The van der Waals surface area contributed by atoms with Crippen LogP contribution in [0.3, 0.4) is 0 Å². The average molecular weight is 210 g/mol. The second-order valence-electron chi connectivity index (χ2n) is 2.49. The highest BCUT2D eigenvalue weighted by atomic mass is 32.3. The second-order valence-corrected chi connectivity index (χ2v) is 3.80. The number of carbonyl (C=O) groups is 1.